The van der Waals surface area contributed by atoms with E-state index in [2.05, 4.69) is 21.2 Å². The Hall–Kier alpha value is -1.63. The maximum atomic E-state index is 13.6. The molecule has 0 saturated carbocycles. The Kier molecular flexibility index (Phi) is 7.14. The minimum atomic E-state index is -0.944. The number of carboxylic acid groups (broad SMARTS) is 1. The Morgan fingerprint density at radius 1 is 1.43 bits per heavy atom. The molecule has 0 aliphatic rings. The molecule has 0 aliphatic heterocycles. The summed E-state index contributed by atoms with van der Waals surface area (Å²) in [4.78, 5) is 23.3. The summed E-state index contributed by atoms with van der Waals surface area (Å²) < 4.78 is 14.3. The SMILES string of the molecule is CN(CCC(=O)O)C(=O)NCCCc1ccc(Br)cc1F. The van der Waals surface area contributed by atoms with Crippen LogP contribution in [0.25, 0.3) is 0 Å². The predicted octanol–water partition coefficient (Wildman–Crippen LogP) is 2.64. The molecule has 2 N–H and O–H groups in total. The van der Waals surface area contributed by atoms with E-state index in [1.807, 2.05) is 0 Å². The second-order valence-electron chi connectivity index (χ2n) is 4.64. The number of amides is 2. The number of benzene rings is 1. The van der Waals surface area contributed by atoms with E-state index < -0.39 is 5.97 Å². The molecule has 1 aromatic carbocycles. The molecule has 0 unspecified atom stereocenters. The van der Waals surface area contributed by atoms with E-state index in [0.29, 0.717) is 29.4 Å². The van der Waals surface area contributed by atoms with Gasteiger partial charge in [-0.25, -0.2) is 9.18 Å². The minimum Gasteiger partial charge on any atom is -0.481 e. The normalized spacial score (nSPS) is 10.2. The van der Waals surface area contributed by atoms with Crippen LogP contribution in [0, 0.1) is 5.82 Å². The molecule has 0 saturated heterocycles. The Bertz CT molecular complexity index is 511. The van der Waals surface area contributed by atoms with Crippen LogP contribution < -0.4 is 5.32 Å². The van der Waals surface area contributed by atoms with Crippen molar-refractivity contribution in [3.05, 3.63) is 34.1 Å². The average molecular weight is 361 g/mol. The third-order valence-electron chi connectivity index (χ3n) is 2.92. The maximum Gasteiger partial charge on any atom is 0.317 e. The molecular formula is C14H18BrFN2O3. The highest BCUT2D eigenvalue weighted by Gasteiger charge is 2.09. The summed E-state index contributed by atoms with van der Waals surface area (Å²) in [5, 5.41) is 11.2. The number of carboxylic acids is 1. The van der Waals surface area contributed by atoms with E-state index in [1.165, 1.54) is 18.0 Å². The van der Waals surface area contributed by atoms with Gasteiger partial charge >= 0.3 is 12.0 Å². The topological polar surface area (TPSA) is 69.6 Å². The van der Waals surface area contributed by atoms with E-state index in [4.69, 9.17) is 5.11 Å². The Balaban J connectivity index is 2.27. The first-order valence-corrected chi connectivity index (χ1v) is 7.34. The summed E-state index contributed by atoms with van der Waals surface area (Å²) in [5.74, 6) is -1.21. The predicted molar refractivity (Wildman–Crippen MR) is 80.7 cm³/mol. The highest BCUT2D eigenvalue weighted by molar-refractivity contribution is 9.10. The lowest BCUT2D eigenvalue weighted by atomic mass is 10.1. The molecule has 0 radical (unpaired) electrons. The summed E-state index contributed by atoms with van der Waals surface area (Å²) in [6.45, 7) is 0.564. The van der Waals surface area contributed by atoms with Crippen LogP contribution in [-0.4, -0.2) is 42.1 Å². The number of halogens is 2. The van der Waals surface area contributed by atoms with Crippen LogP contribution in [0.3, 0.4) is 0 Å². The number of nitrogens with one attached hydrogen (secondary N) is 1. The first kappa shape index (κ1) is 17.4. The van der Waals surface area contributed by atoms with Crippen molar-refractivity contribution in [2.45, 2.75) is 19.3 Å². The Morgan fingerprint density at radius 3 is 2.76 bits per heavy atom. The highest BCUT2D eigenvalue weighted by atomic mass is 79.9. The van der Waals surface area contributed by atoms with Gasteiger partial charge in [0, 0.05) is 24.6 Å². The Morgan fingerprint density at radius 2 is 2.14 bits per heavy atom. The fourth-order valence-electron chi connectivity index (χ4n) is 1.70. The van der Waals surface area contributed by atoms with Crippen LogP contribution >= 0.6 is 15.9 Å². The van der Waals surface area contributed by atoms with Crippen LogP contribution in [0.5, 0.6) is 0 Å². The van der Waals surface area contributed by atoms with Crippen molar-refractivity contribution in [2.24, 2.45) is 0 Å². The van der Waals surface area contributed by atoms with Crippen molar-refractivity contribution >= 4 is 27.9 Å². The molecule has 0 heterocycles. The number of rotatable bonds is 7. The molecular weight excluding hydrogens is 343 g/mol. The molecule has 0 fully saturated rings. The molecule has 7 heteroatoms. The zero-order valence-electron chi connectivity index (χ0n) is 11.7. The average Bonchev–Trinajstić information content (AvgIpc) is 2.42. The number of urea groups is 1. The smallest absolute Gasteiger partial charge is 0.317 e. The number of hydrogen-bond acceptors (Lipinski definition) is 2. The van der Waals surface area contributed by atoms with Crippen molar-refractivity contribution < 1.29 is 19.1 Å². The third kappa shape index (κ3) is 6.57. The zero-order valence-corrected chi connectivity index (χ0v) is 13.3. The molecule has 21 heavy (non-hydrogen) atoms. The lowest BCUT2D eigenvalue weighted by Crippen LogP contribution is -2.38. The number of aryl methyl sites for hydroxylation is 1. The molecule has 0 atom stereocenters. The quantitative estimate of drug-likeness (QED) is 0.734. The molecule has 5 nitrogen and oxygen atoms in total. The lowest BCUT2D eigenvalue weighted by Gasteiger charge is -2.16. The van der Waals surface area contributed by atoms with Crippen LogP contribution in [0.1, 0.15) is 18.4 Å². The third-order valence-corrected chi connectivity index (χ3v) is 3.42. The van der Waals surface area contributed by atoms with Crippen molar-refractivity contribution in [3.63, 3.8) is 0 Å². The molecule has 2 amide bonds. The second kappa shape index (κ2) is 8.61. The first-order chi connectivity index (χ1) is 9.90. The van der Waals surface area contributed by atoms with E-state index >= 15 is 0 Å². The van der Waals surface area contributed by atoms with Gasteiger partial charge in [0.25, 0.3) is 0 Å². The van der Waals surface area contributed by atoms with Crippen LogP contribution in [-0.2, 0) is 11.2 Å². The van der Waals surface area contributed by atoms with Gasteiger partial charge in [0.2, 0.25) is 0 Å². The number of carbonyl (C=O) groups is 2. The van der Waals surface area contributed by atoms with Gasteiger partial charge in [-0.15, -0.1) is 0 Å². The summed E-state index contributed by atoms with van der Waals surface area (Å²) in [6, 6.07) is 4.57. The monoisotopic (exact) mass is 360 g/mol. The molecule has 1 rings (SSSR count). The summed E-state index contributed by atoms with van der Waals surface area (Å²) in [6.07, 6.45) is 1.04. The highest BCUT2D eigenvalue weighted by Crippen LogP contribution is 2.16. The number of nitrogens with zero attached hydrogens (tertiary/aromatic N) is 1. The van der Waals surface area contributed by atoms with Gasteiger partial charge < -0.3 is 15.3 Å². The van der Waals surface area contributed by atoms with Gasteiger partial charge in [0.1, 0.15) is 5.82 Å². The van der Waals surface area contributed by atoms with E-state index in [9.17, 15) is 14.0 Å². The molecule has 0 aliphatic carbocycles. The number of aliphatic carboxylic acids is 1. The van der Waals surface area contributed by atoms with Gasteiger partial charge in [-0.3, -0.25) is 4.79 Å². The van der Waals surface area contributed by atoms with Gasteiger partial charge in [-0.2, -0.15) is 0 Å². The standard InChI is InChI=1S/C14H18BrFN2O3/c1-18(8-6-13(19)20)14(21)17-7-2-3-10-4-5-11(15)9-12(10)16/h4-5,9H,2-3,6-8H2,1H3,(H,17,21)(H,19,20). The van der Waals surface area contributed by atoms with Crippen LogP contribution in [0.15, 0.2) is 22.7 Å². The van der Waals surface area contributed by atoms with E-state index in [-0.39, 0.29) is 24.8 Å². The van der Waals surface area contributed by atoms with Crippen molar-refractivity contribution in [3.8, 4) is 0 Å². The number of carbonyl (C=O) groups excluding carboxylic acids is 1. The first-order valence-electron chi connectivity index (χ1n) is 6.55. The van der Waals surface area contributed by atoms with Crippen molar-refractivity contribution in [1.29, 1.82) is 0 Å². The Labute approximate surface area is 131 Å². The van der Waals surface area contributed by atoms with Crippen LogP contribution in [0.2, 0.25) is 0 Å². The molecule has 116 valence electrons. The largest absolute Gasteiger partial charge is 0.481 e. The maximum absolute atomic E-state index is 13.6. The van der Waals surface area contributed by atoms with Crippen LogP contribution in [0.4, 0.5) is 9.18 Å². The molecule has 0 bridgehead atoms. The van der Waals surface area contributed by atoms with Gasteiger partial charge in [0.15, 0.2) is 0 Å². The van der Waals surface area contributed by atoms with Gasteiger partial charge in [0.05, 0.1) is 6.42 Å². The fraction of sp³-hybridized carbons (Fsp3) is 0.429. The zero-order chi connectivity index (χ0) is 15.8. The molecule has 0 spiro atoms. The lowest BCUT2D eigenvalue weighted by molar-refractivity contribution is -0.137. The van der Waals surface area contributed by atoms with Crippen molar-refractivity contribution in [2.75, 3.05) is 20.1 Å². The fourth-order valence-corrected chi connectivity index (χ4v) is 2.03. The molecule has 1 aromatic rings. The minimum absolute atomic E-state index is 0.0893. The summed E-state index contributed by atoms with van der Waals surface area (Å²) in [5.41, 5.74) is 0.603. The van der Waals surface area contributed by atoms with Gasteiger partial charge in [-0.05, 0) is 30.5 Å². The van der Waals surface area contributed by atoms with E-state index in [1.54, 1.807) is 12.1 Å². The van der Waals surface area contributed by atoms with Crippen molar-refractivity contribution in [1.82, 2.24) is 10.2 Å². The summed E-state index contributed by atoms with van der Waals surface area (Å²) in [7, 11) is 1.53. The number of hydrogen-bond donors (Lipinski definition) is 2. The second-order valence-corrected chi connectivity index (χ2v) is 5.55. The van der Waals surface area contributed by atoms with Gasteiger partial charge in [-0.1, -0.05) is 22.0 Å². The summed E-state index contributed by atoms with van der Waals surface area (Å²) >= 11 is 3.19. The molecule has 0 aromatic heterocycles. The van der Waals surface area contributed by atoms with E-state index in [0.717, 1.165) is 0 Å².